The van der Waals surface area contributed by atoms with E-state index in [0.29, 0.717) is 24.5 Å². The Hall–Kier alpha value is -4.58. The lowest BCUT2D eigenvalue weighted by atomic mass is 9.95. The highest BCUT2D eigenvalue weighted by molar-refractivity contribution is 6.07. The van der Waals surface area contributed by atoms with Crippen molar-refractivity contribution >= 4 is 45.6 Å². The third kappa shape index (κ3) is 8.23. The molecule has 0 aliphatic carbocycles. The summed E-state index contributed by atoms with van der Waals surface area (Å²) in [7, 11) is 0. The molecule has 6 heteroatoms. The van der Waals surface area contributed by atoms with Gasteiger partial charge in [-0.05, 0) is 23.3 Å². The summed E-state index contributed by atoms with van der Waals surface area (Å²) < 4.78 is 0. The van der Waals surface area contributed by atoms with Gasteiger partial charge in [0.05, 0.1) is 11.4 Å². The highest BCUT2D eigenvalue weighted by Gasteiger charge is 2.24. The summed E-state index contributed by atoms with van der Waals surface area (Å²) in [6.45, 7) is 11.3. The third-order valence-corrected chi connectivity index (χ3v) is 6.69. The van der Waals surface area contributed by atoms with Crippen LogP contribution in [-0.4, -0.2) is 23.5 Å². The summed E-state index contributed by atoms with van der Waals surface area (Å²) >= 11 is 0. The van der Waals surface area contributed by atoms with E-state index in [2.05, 4.69) is 10.6 Å². The van der Waals surface area contributed by atoms with Gasteiger partial charge in [-0.1, -0.05) is 126 Å². The second-order valence-electron chi connectivity index (χ2n) is 12.5. The molecule has 0 bridgehead atoms. The van der Waals surface area contributed by atoms with Gasteiger partial charge < -0.3 is 10.6 Å². The molecule has 0 atom stereocenters. The Morgan fingerprint density at radius 2 is 0.881 bits per heavy atom. The Kier molecular flexibility index (Phi) is 9.36. The molecule has 2 N–H and O–H groups in total. The van der Waals surface area contributed by atoms with Crippen LogP contribution in [0, 0.1) is 10.8 Å². The zero-order chi connectivity index (χ0) is 30.3. The molecule has 0 radical (unpaired) electrons. The number of hydrogen-bond donors (Lipinski definition) is 2. The van der Waals surface area contributed by atoms with Gasteiger partial charge in [-0.25, -0.2) is 9.98 Å². The van der Waals surface area contributed by atoms with Gasteiger partial charge in [-0.15, -0.1) is 0 Å². The highest BCUT2D eigenvalue weighted by atomic mass is 16.2. The standard InChI is InChI=1S/C36H40N4O2/c1-35(2,3)33(41)39-31(23-25-15-9-7-10-16-25)37-29-21-13-20-28-27(29)19-14-22-30(28)38-32(40-34(42)36(4,5)6)24-26-17-11-8-12-18-26/h7-22H,23-24H2,1-6H3,(H,37,39,41)(H,38,40,42). The first kappa shape index (κ1) is 30.4. The molecule has 2 amide bonds. The molecular formula is C36H40N4O2. The maximum absolute atomic E-state index is 13.0. The van der Waals surface area contributed by atoms with E-state index in [-0.39, 0.29) is 11.8 Å². The second kappa shape index (κ2) is 12.9. The van der Waals surface area contributed by atoms with Crippen molar-refractivity contribution in [1.29, 1.82) is 0 Å². The minimum Gasteiger partial charge on any atom is -0.313 e. The lowest BCUT2D eigenvalue weighted by molar-refractivity contribution is -0.127. The predicted molar refractivity (Wildman–Crippen MR) is 174 cm³/mol. The molecular weight excluding hydrogens is 520 g/mol. The van der Waals surface area contributed by atoms with Crippen molar-refractivity contribution in [3.05, 3.63) is 108 Å². The van der Waals surface area contributed by atoms with Crippen LogP contribution < -0.4 is 10.6 Å². The van der Waals surface area contributed by atoms with Crippen LogP contribution in [0.3, 0.4) is 0 Å². The number of nitrogens with zero attached hydrogens (tertiary/aromatic N) is 2. The van der Waals surface area contributed by atoms with Crippen LogP contribution in [0.25, 0.3) is 10.8 Å². The summed E-state index contributed by atoms with van der Waals surface area (Å²) in [5.74, 6) is 0.958. The topological polar surface area (TPSA) is 82.9 Å². The molecule has 216 valence electrons. The molecule has 0 saturated heterocycles. The van der Waals surface area contributed by atoms with Crippen molar-refractivity contribution in [2.24, 2.45) is 20.8 Å². The number of aliphatic imine (C=N–C) groups is 2. The molecule has 4 aromatic rings. The predicted octanol–water partition coefficient (Wildman–Crippen LogP) is 7.71. The zero-order valence-corrected chi connectivity index (χ0v) is 25.4. The van der Waals surface area contributed by atoms with Gasteiger partial charge in [0.25, 0.3) is 0 Å². The van der Waals surface area contributed by atoms with Crippen LogP contribution in [0.15, 0.2) is 107 Å². The molecule has 0 fully saturated rings. The van der Waals surface area contributed by atoms with Gasteiger partial charge in [-0.2, -0.15) is 0 Å². The molecule has 4 rings (SSSR count). The fraction of sp³-hybridized carbons (Fsp3) is 0.278. The first-order valence-electron chi connectivity index (χ1n) is 14.3. The molecule has 0 saturated carbocycles. The van der Waals surface area contributed by atoms with E-state index in [4.69, 9.17) is 9.98 Å². The number of amides is 2. The second-order valence-corrected chi connectivity index (χ2v) is 12.5. The Bertz CT molecular complexity index is 1490. The largest absolute Gasteiger partial charge is 0.313 e. The number of hydrogen-bond acceptors (Lipinski definition) is 4. The molecule has 6 nitrogen and oxygen atoms in total. The summed E-state index contributed by atoms with van der Waals surface area (Å²) in [6, 6.07) is 31.7. The average Bonchev–Trinajstić information content (AvgIpc) is 2.93. The van der Waals surface area contributed by atoms with E-state index in [9.17, 15) is 9.59 Å². The highest BCUT2D eigenvalue weighted by Crippen LogP contribution is 2.33. The number of amidine groups is 2. The van der Waals surface area contributed by atoms with Crippen LogP contribution in [0.2, 0.25) is 0 Å². The number of rotatable bonds is 6. The van der Waals surface area contributed by atoms with E-state index in [1.165, 1.54) is 0 Å². The van der Waals surface area contributed by atoms with Crippen molar-refractivity contribution < 1.29 is 9.59 Å². The van der Waals surface area contributed by atoms with Gasteiger partial charge in [0.15, 0.2) is 0 Å². The molecule has 0 spiro atoms. The van der Waals surface area contributed by atoms with Crippen molar-refractivity contribution in [2.45, 2.75) is 54.4 Å². The van der Waals surface area contributed by atoms with Crippen LogP contribution in [0.4, 0.5) is 11.4 Å². The number of nitrogens with one attached hydrogen (secondary N) is 2. The fourth-order valence-electron chi connectivity index (χ4n) is 4.20. The number of fused-ring (bicyclic) bond motifs is 1. The molecule has 0 heterocycles. The van der Waals surface area contributed by atoms with Crippen molar-refractivity contribution in [1.82, 2.24) is 10.6 Å². The Morgan fingerprint density at radius 3 is 1.21 bits per heavy atom. The fourth-order valence-corrected chi connectivity index (χ4v) is 4.20. The first-order chi connectivity index (χ1) is 19.9. The molecule has 0 aliphatic rings. The normalized spacial score (nSPS) is 12.7. The Balaban J connectivity index is 1.78. The van der Waals surface area contributed by atoms with E-state index in [1.807, 2.05) is 139 Å². The maximum atomic E-state index is 13.0. The van der Waals surface area contributed by atoms with Crippen molar-refractivity contribution in [3.63, 3.8) is 0 Å². The van der Waals surface area contributed by atoms with Gasteiger partial charge >= 0.3 is 0 Å². The SMILES string of the molecule is CC(C)(C)C(=O)NC(Cc1ccccc1)=Nc1cccc2c(N=C(Cc3ccccc3)NC(=O)C(C)(C)C)cccc12. The van der Waals surface area contributed by atoms with Crippen LogP contribution in [0.1, 0.15) is 52.7 Å². The number of carbonyl (C=O) groups excluding carboxylic acids is 2. The lowest BCUT2D eigenvalue weighted by Crippen LogP contribution is -2.39. The van der Waals surface area contributed by atoms with E-state index in [1.54, 1.807) is 0 Å². The Morgan fingerprint density at radius 1 is 0.524 bits per heavy atom. The van der Waals surface area contributed by atoms with Gasteiger partial charge in [0.2, 0.25) is 11.8 Å². The minimum atomic E-state index is -0.565. The molecule has 42 heavy (non-hydrogen) atoms. The number of carbonyl (C=O) groups is 2. The van der Waals surface area contributed by atoms with E-state index < -0.39 is 10.8 Å². The minimum absolute atomic E-state index is 0.0946. The summed E-state index contributed by atoms with van der Waals surface area (Å²) in [5.41, 5.74) is 2.43. The van der Waals surface area contributed by atoms with Gasteiger partial charge in [0, 0.05) is 34.4 Å². The third-order valence-electron chi connectivity index (χ3n) is 6.69. The summed E-state index contributed by atoms with van der Waals surface area (Å²) in [4.78, 5) is 35.9. The zero-order valence-electron chi connectivity index (χ0n) is 25.4. The summed E-state index contributed by atoms with van der Waals surface area (Å²) in [5, 5.41) is 7.93. The van der Waals surface area contributed by atoms with E-state index >= 15 is 0 Å². The molecule has 0 aromatic heterocycles. The van der Waals surface area contributed by atoms with Crippen LogP contribution >= 0.6 is 0 Å². The van der Waals surface area contributed by atoms with Gasteiger partial charge in [-0.3, -0.25) is 9.59 Å². The lowest BCUT2D eigenvalue weighted by Gasteiger charge is -2.19. The average molecular weight is 561 g/mol. The molecule has 0 aliphatic heterocycles. The van der Waals surface area contributed by atoms with Gasteiger partial charge in [0.1, 0.15) is 11.7 Å². The van der Waals surface area contributed by atoms with Crippen LogP contribution in [0.5, 0.6) is 0 Å². The first-order valence-corrected chi connectivity index (χ1v) is 14.3. The van der Waals surface area contributed by atoms with Crippen molar-refractivity contribution in [3.8, 4) is 0 Å². The van der Waals surface area contributed by atoms with Crippen molar-refractivity contribution in [2.75, 3.05) is 0 Å². The smallest absolute Gasteiger partial charge is 0.230 e. The maximum Gasteiger partial charge on any atom is 0.230 e. The summed E-state index contributed by atoms with van der Waals surface area (Å²) in [6.07, 6.45) is 0.966. The molecule has 4 aromatic carbocycles. The quantitative estimate of drug-likeness (QED) is 0.187. The molecule has 0 unspecified atom stereocenters. The van der Waals surface area contributed by atoms with E-state index in [0.717, 1.165) is 33.3 Å². The Labute approximate surface area is 249 Å². The van der Waals surface area contributed by atoms with Crippen LogP contribution in [-0.2, 0) is 22.4 Å². The number of benzene rings is 4. The monoisotopic (exact) mass is 560 g/mol.